The van der Waals surface area contributed by atoms with Gasteiger partial charge in [-0.05, 0) is 78.3 Å². The summed E-state index contributed by atoms with van der Waals surface area (Å²) in [4.78, 5) is 23.0. The molecule has 1 aromatic carbocycles. The Labute approximate surface area is 196 Å². The van der Waals surface area contributed by atoms with Crippen LogP contribution in [0.4, 0.5) is 4.79 Å². The van der Waals surface area contributed by atoms with Crippen LogP contribution in [0.2, 0.25) is 0 Å². The quantitative estimate of drug-likeness (QED) is 0.707. The van der Waals surface area contributed by atoms with Gasteiger partial charge in [-0.3, -0.25) is 4.90 Å². The molecule has 5 rings (SSSR count). The number of piperidine rings is 1. The fourth-order valence-corrected chi connectivity index (χ4v) is 4.98. The van der Waals surface area contributed by atoms with Gasteiger partial charge in [0.2, 0.25) is 0 Å². The minimum atomic E-state index is -0.520. The topological polar surface area (TPSA) is 76.7 Å². The summed E-state index contributed by atoms with van der Waals surface area (Å²) in [5.74, 6) is 1.27. The average Bonchev–Trinajstić information content (AvgIpc) is 3.03. The molecule has 3 aliphatic rings. The smallest absolute Gasteiger partial charge is 0.444 e. The highest BCUT2D eigenvalue weighted by Crippen LogP contribution is 2.62. The number of likely N-dealkylation sites (tertiary alicyclic amines) is 1. The molecule has 2 aliphatic heterocycles. The molecule has 2 atom stereocenters. The molecule has 0 spiro atoms. The van der Waals surface area contributed by atoms with Crippen molar-refractivity contribution in [3.8, 4) is 11.3 Å². The Balaban J connectivity index is 1.39. The summed E-state index contributed by atoms with van der Waals surface area (Å²) < 4.78 is 18.1. The first-order valence-corrected chi connectivity index (χ1v) is 11.8. The van der Waals surface area contributed by atoms with Crippen LogP contribution in [-0.4, -0.2) is 51.4 Å². The zero-order chi connectivity index (χ0) is 23.8. The molecule has 0 bridgehead atoms. The van der Waals surface area contributed by atoms with E-state index in [1.54, 1.807) is 0 Å². The van der Waals surface area contributed by atoms with E-state index in [0.717, 1.165) is 35.4 Å². The van der Waals surface area contributed by atoms with Crippen LogP contribution in [0.1, 0.15) is 67.1 Å². The van der Waals surface area contributed by atoms with Gasteiger partial charge in [0.1, 0.15) is 17.0 Å². The molecule has 2 aromatic rings. The van der Waals surface area contributed by atoms with E-state index in [1.165, 1.54) is 0 Å². The summed E-state index contributed by atoms with van der Waals surface area (Å²) in [7, 11) is -0.416. The molecular formula is C25H34BN3O4. The molecule has 1 aromatic heterocycles. The minimum Gasteiger partial charge on any atom is -0.444 e. The van der Waals surface area contributed by atoms with Crippen molar-refractivity contribution in [1.82, 2.24) is 14.9 Å². The first kappa shape index (κ1) is 22.5. The number of imidazole rings is 1. The van der Waals surface area contributed by atoms with Crippen LogP contribution in [0.5, 0.6) is 0 Å². The lowest BCUT2D eigenvalue weighted by Gasteiger charge is -2.32. The van der Waals surface area contributed by atoms with Crippen molar-refractivity contribution in [2.45, 2.75) is 83.6 Å². The fourth-order valence-electron chi connectivity index (χ4n) is 4.98. The van der Waals surface area contributed by atoms with Gasteiger partial charge in [-0.25, -0.2) is 9.78 Å². The molecule has 1 N–H and O–H groups in total. The Kier molecular flexibility index (Phi) is 4.83. The van der Waals surface area contributed by atoms with Crippen LogP contribution in [0, 0.1) is 5.92 Å². The Hall–Kier alpha value is -2.32. The number of hydrogen-bond acceptors (Lipinski definition) is 5. The number of ether oxygens (including phenoxy) is 1. The van der Waals surface area contributed by atoms with Gasteiger partial charge in [-0.1, -0.05) is 24.3 Å². The summed E-state index contributed by atoms with van der Waals surface area (Å²) in [6.07, 6.45) is 3.50. The van der Waals surface area contributed by atoms with E-state index in [4.69, 9.17) is 19.0 Å². The predicted octanol–water partition coefficient (Wildman–Crippen LogP) is 4.23. The molecule has 2 saturated heterocycles. The molecular weight excluding hydrogens is 417 g/mol. The summed E-state index contributed by atoms with van der Waals surface area (Å²) >= 11 is 0. The predicted molar refractivity (Wildman–Crippen MR) is 127 cm³/mol. The fraction of sp³-hybridized carbons (Fsp3) is 0.600. The van der Waals surface area contributed by atoms with Crippen molar-refractivity contribution < 1.29 is 18.8 Å². The molecule has 0 radical (unpaired) electrons. The van der Waals surface area contributed by atoms with Gasteiger partial charge in [-0.2, -0.15) is 0 Å². The number of fused-ring (bicyclic) bond motifs is 1. The third kappa shape index (κ3) is 3.67. The van der Waals surface area contributed by atoms with Gasteiger partial charge in [-0.15, -0.1) is 0 Å². The summed E-state index contributed by atoms with van der Waals surface area (Å²) in [5, 5.41) is 0. The van der Waals surface area contributed by atoms with Crippen LogP contribution in [0.15, 0.2) is 30.5 Å². The number of hydrogen-bond donors (Lipinski definition) is 1. The number of H-pyrrole nitrogens is 1. The lowest BCUT2D eigenvalue weighted by Crippen LogP contribution is -2.42. The first-order chi connectivity index (χ1) is 15.3. The Morgan fingerprint density at radius 1 is 1.21 bits per heavy atom. The number of aromatic nitrogens is 2. The van der Waals surface area contributed by atoms with E-state index in [9.17, 15) is 4.79 Å². The van der Waals surface area contributed by atoms with Crippen LogP contribution in [0.3, 0.4) is 0 Å². The highest BCUT2D eigenvalue weighted by atomic mass is 16.7. The maximum Gasteiger partial charge on any atom is 0.494 e. The molecule has 8 heteroatoms. The third-order valence-electron chi connectivity index (χ3n) is 7.58. The number of carbonyl (C=O) groups excluding carboxylic acids is 1. The molecule has 7 nitrogen and oxygen atoms in total. The number of nitrogens with one attached hydrogen (secondary N) is 1. The van der Waals surface area contributed by atoms with E-state index in [2.05, 4.69) is 38.7 Å². The minimum absolute atomic E-state index is 0.261. The molecule has 1 saturated carbocycles. The second-order valence-corrected chi connectivity index (χ2v) is 11.6. The van der Waals surface area contributed by atoms with Gasteiger partial charge < -0.3 is 19.0 Å². The van der Waals surface area contributed by atoms with Crippen molar-refractivity contribution in [2.75, 3.05) is 6.54 Å². The Bertz CT molecular complexity index is 1070. The second-order valence-electron chi connectivity index (χ2n) is 11.6. The van der Waals surface area contributed by atoms with Gasteiger partial charge >= 0.3 is 13.2 Å². The number of nitrogens with zero attached hydrogens (tertiary/aromatic N) is 2. The molecule has 1 aliphatic carbocycles. The number of benzene rings is 1. The van der Waals surface area contributed by atoms with Crippen molar-refractivity contribution in [1.29, 1.82) is 0 Å². The summed E-state index contributed by atoms with van der Waals surface area (Å²) in [5.41, 5.74) is 1.24. The molecule has 3 heterocycles. The molecule has 3 fully saturated rings. The molecule has 33 heavy (non-hydrogen) atoms. The van der Waals surface area contributed by atoms with Crippen LogP contribution < -0.4 is 5.46 Å². The monoisotopic (exact) mass is 451 g/mol. The third-order valence-corrected chi connectivity index (χ3v) is 7.58. The zero-order valence-corrected chi connectivity index (χ0v) is 20.7. The van der Waals surface area contributed by atoms with Gasteiger partial charge in [0.15, 0.2) is 0 Å². The van der Waals surface area contributed by atoms with Crippen LogP contribution in [-0.2, 0) is 19.6 Å². The van der Waals surface area contributed by atoms with Crippen LogP contribution in [0.25, 0.3) is 11.3 Å². The standard InChI is InChI=1S/C25H34BN3O4/c1-22(2,3)31-21(30)29-12-11-17-14-25(17,29)20-27-15-19(28-20)16-9-8-10-18(13-16)26-32-23(4,5)24(6,7)33-26/h8-10,13,15,17H,11-12,14H2,1-7H3,(H,27,28). The average molecular weight is 451 g/mol. The van der Waals surface area contributed by atoms with Gasteiger partial charge in [0.05, 0.1) is 23.1 Å². The molecule has 176 valence electrons. The van der Waals surface area contributed by atoms with Crippen molar-refractivity contribution in [2.24, 2.45) is 5.92 Å². The van der Waals surface area contributed by atoms with E-state index in [-0.39, 0.29) is 22.8 Å². The Morgan fingerprint density at radius 3 is 2.55 bits per heavy atom. The van der Waals surface area contributed by atoms with Crippen LogP contribution >= 0.6 is 0 Å². The lowest BCUT2D eigenvalue weighted by atomic mass is 9.78. The number of rotatable bonds is 3. The first-order valence-electron chi connectivity index (χ1n) is 11.8. The second kappa shape index (κ2) is 7.09. The van der Waals surface area contributed by atoms with E-state index in [1.807, 2.05) is 50.1 Å². The lowest BCUT2D eigenvalue weighted by molar-refractivity contribution is 0.00578. The summed E-state index contributed by atoms with van der Waals surface area (Å²) in [6, 6.07) is 8.17. The van der Waals surface area contributed by atoms with Gasteiger partial charge in [0.25, 0.3) is 0 Å². The molecule has 1 amide bonds. The van der Waals surface area contributed by atoms with Crippen molar-refractivity contribution >= 4 is 18.7 Å². The van der Waals surface area contributed by atoms with E-state index >= 15 is 0 Å². The largest absolute Gasteiger partial charge is 0.494 e. The number of aromatic amines is 1. The van der Waals surface area contributed by atoms with Crippen molar-refractivity contribution in [3.63, 3.8) is 0 Å². The molecule has 2 unspecified atom stereocenters. The maximum atomic E-state index is 12.9. The number of amides is 1. The van der Waals surface area contributed by atoms with Gasteiger partial charge in [0, 0.05) is 6.54 Å². The highest BCUT2D eigenvalue weighted by Gasteiger charge is 2.67. The van der Waals surface area contributed by atoms with E-state index in [0.29, 0.717) is 12.5 Å². The number of carbonyl (C=O) groups is 1. The Morgan fingerprint density at radius 2 is 1.91 bits per heavy atom. The van der Waals surface area contributed by atoms with E-state index < -0.39 is 12.7 Å². The van der Waals surface area contributed by atoms with Crippen molar-refractivity contribution in [3.05, 3.63) is 36.3 Å². The summed E-state index contributed by atoms with van der Waals surface area (Å²) in [6.45, 7) is 14.6. The zero-order valence-electron chi connectivity index (χ0n) is 20.7. The normalized spacial score (nSPS) is 27.5. The highest BCUT2D eigenvalue weighted by molar-refractivity contribution is 6.62. The SMILES string of the molecule is CC(C)(C)OC(=O)N1CCC2CC21c1ncc(-c2cccc(B3OC(C)(C)C(C)(C)O3)c2)[nH]1. The maximum absolute atomic E-state index is 12.9.